The lowest BCUT2D eigenvalue weighted by Gasteiger charge is -2.22. The van der Waals surface area contributed by atoms with Crippen LogP contribution in [0.1, 0.15) is 12.8 Å². The number of halogens is 3. The quantitative estimate of drug-likeness (QED) is 0.563. The fourth-order valence-electron chi connectivity index (χ4n) is 2.86. The van der Waals surface area contributed by atoms with Gasteiger partial charge >= 0.3 is 18.2 Å². The normalized spacial score (nSPS) is 15.6. The fraction of sp³-hybridized carbons (Fsp3) is 0.429. The Morgan fingerprint density at radius 2 is 1.82 bits per heavy atom. The number of nitrogens with one attached hydrogen (secondary N) is 2. The maximum absolute atomic E-state index is 11.9. The van der Waals surface area contributed by atoms with Crippen molar-refractivity contribution in [2.45, 2.75) is 19.0 Å². The second-order valence-electron chi connectivity index (χ2n) is 7.09. The van der Waals surface area contributed by atoms with E-state index in [2.05, 4.69) is 20.6 Å². The van der Waals surface area contributed by atoms with Gasteiger partial charge in [-0.05, 0) is 49.5 Å². The van der Waals surface area contributed by atoms with Crippen LogP contribution in [0.5, 0.6) is 11.8 Å². The molecule has 1 amide bonds. The summed E-state index contributed by atoms with van der Waals surface area (Å²) in [4.78, 5) is 29.1. The van der Waals surface area contributed by atoms with E-state index in [1.165, 1.54) is 0 Å². The number of carbonyl (C=O) groups excluding carboxylic acids is 1. The molecule has 0 saturated carbocycles. The van der Waals surface area contributed by atoms with Gasteiger partial charge < -0.3 is 25.2 Å². The number of hydrogen-bond donors (Lipinski definition) is 3. The highest BCUT2D eigenvalue weighted by atomic mass is 19.4. The molecule has 3 rings (SSSR count). The van der Waals surface area contributed by atoms with Crippen LogP contribution in [0.3, 0.4) is 0 Å². The molecule has 180 valence electrons. The van der Waals surface area contributed by atoms with Gasteiger partial charge in [0.15, 0.2) is 6.61 Å². The third kappa shape index (κ3) is 9.31. The van der Waals surface area contributed by atoms with Crippen molar-refractivity contribution >= 4 is 11.9 Å². The third-order valence-electron chi connectivity index (χ3n) is 4.61. The number of aliphatic carboxylic acids is 1. The van der Waals surface area contributed by atoms with E-state index in [9.17, 15) is 18.0 Å². The van der Waals surface area contributed by atoms with Crippen molar-refractivity contribution in [3.05, 3.63) is 36.7 Å². The number of nitrogens with zero attached hydrogens (tertiary/aromatic N) is 2. The summed E-state index contributed by atoms with van der Waals surface area (Å²) < 4.78 is 42.2. The molecule has 0 aliphatic carbocycles. The predicted octanol–water partition coefficient (Wildman–Crippen LogP) is 2.28. The van der Waals surface area contributed by atoms with E-state index in [4.69, 9.17) is 19.4 Å². The first-order valence-corrected chi connectivity index (χ1v) is 10.1. The Morgan fingerprint density at radius 3 is 2.33 bits per heavy atom. The number of aromatic nitrogens is 2. The fourth-order valence-corrected chi connectivity index (χ4v) is 2.86. The molecule has 1 aliphatic heterocycles. The summed E-state index contributed by atoms with van der Waals surface area (Å²) in [5, 5.41) is 13.4. The molecule has 0 spiro atoms. The zero-order chi connectivity index (χ0) is 24.3. The van der Waals surface area contributed by atoms with Crippen LogP contribution in [0.15, 0.2) is 36.7 Å². The maximum Gasteiger partial charge on any atom is 0.490 e. The third-order valence-corrected chi connectivity index (χ3v) is 4.61. The number of carbonyl (C=O) groups is 2. The number of rotatable bonds is 7. The minimum atomic E-state index is -5.08. The summed E-state index contributed by atoms with van der Waals surface area (Å²) in [5.41, 5.74) is 1.85. The number of ether oxygens (including phenoxy) is 2. The van der Waals surface area contributed by atoms with Crippen molar-refractivity contribution in [1.82, 2.24) is 20.6 Å². The van der Waals surface area contributed by atoms with Crippen LogP contribution in [-0.2, 0) is 9.59 Å². The number of carboxylic acids is 1. The number of hydrogen-bond acceptors (Lipinski definition) is 7. The smallest absolute Gasteiger partial charge is 0.490 e. The van der Waals surface area contributed by atoms with E-state index >= 15 is 0 Å². The number of benzene rings is 1. The van der Waals surface area contributed by atoms with Gasteiger partial charge in [0.25, 0.3) is 5.91 Å². The standard InChI is InChI=1S/C19H24N4O3.C2HF3O2/c1-25-17-6-4-15(5-7-17)16-11-22-19(23-12-16)26-13-18(24)21-10-14-3-2-8-20-9-14;3-2(4,5)1(6)7/h4-7,11-12,14,20H,2-3,8-10,13H2,1H3,(H,21,24);(H,6,7). The van der Waals surface area contributed by atoms with Gasteiger partial charge in [-0.25, -0.2) is 14.8 Å². The maximum atomic E-state index is 11.9. The Morgan fingerprint density at radius 1 is 1.18 bits per heavy atom. The highest BCUT2D eigenvalue weighted by Crippen LogP contribution is 2.21. The van der Waals surface area contributed by atoms with Crippen LogP contribution < -0.4 is 20.1 Å². The van der Waals surface area contributed by atoms with Crippen LogP contribution in [0.4, 0.5) is 13.2 Å². The van der Waals surface area contributed by atoms with Crippen LogP contribution in [0.2, 0.25) is 0 Å². The van der Waals surface area contributed by atoms with Crippen molar-refractivity contribution in [2.75, 3.05) is 33.4 Å². The largest absolute Gasteiger partial charge is 0.497 e. The molecule has 2 aromatic rings. The molecule has 0 radical (unpaired) electrons. The van der Waals surface area contributed by atoms with Crippen molar-refractivity contribution in [3.8, 4) is 22.9 Å². The van der Waals surface area contributed by atoms with E-state index in [1.54, 1.807) is 19.5 Å². The van der Waals surface area contributed by atoms with Crippen LogP contribution >= 0.6 is 0 Å². The second kappa shape index (κ2) is 12.6. The molecule has 1 aliphatic rings. The van der Waals surface area contributed by atoms with E-state index in [-0.39, 0.29) is 18.5 Å². The minimum absolute atomic E-state index is 0.0813. The van der Waals surface area contributed by atoms with Crippen LogP contribution in [-0.4, -0.2) is 66.5 Å². The molecule has 0 bridgehead atoms. The molecule has 1 aromatic heterocycles. The molecular formula is C21H25F3N4O5. The molecule has 3 N–H and O–H groups in total. The van der Waals surface area contributed by atoms with Crippen molar-refractivity contribution in [3.63, 3.8) is 0 Å². The van der Waals surface area contributed by atoms with E-state index < -0.39 is 12.1 Å². The SMILES string of the molecule is COc1ccc(-c2cnc(OCC(=O)NCC3CCCNC3)nc2)cc1.O=C(O)C(F)(F)F. The molecule has 1 atom stereocenters. The Labute approximate surface area is 188 Å². The number of piperidine rings is 1. The monoisotopic (exact) mass is 470 g/mol. The van der Waals surface area contributed by atoms with Gasteiger partial charge in [-0.15, -0.1) is 0 Å². The molecule has 1 fully saturated rings. The Kier molecular flexibility index (Phi) is 9.85. The van der Waals surface area contributed by atoms with Crippen LogP contribution in [0.25, 0.3) is 11.1 Å². The summed E-state index contributed by atoms with van der Waals surface area (Å²) in [7, 11) is 1.63. The molecule has 1 aromatic carbocycles. The van der Waals surface area contributed by atoms with Gasteiger partial charge in [-0.2, -0.15) is 13.2 Å². The Hall–Kier alpha value is -3.41. The predicted molar refractivity (Wildman–Crippen MR) is 112 cm³/mol. The average Bonchev–Trinajstić information content (AvgIpc) is 2.82. The Bertz CT molecular complexity index is 886. The molecule has 33 heavy (non-hydrogen) atoms. The first kappa shape index (κ1) is 25.8. The van der Waals surface area contributed by atoms with Crippen LogP contribution in [0, 0.1) is 5.92 Å². The van der Waals surface area contributed by atoms with Gasteiger partial charge in [0.2, 0.25) is 0 Å². The first-order valence-electron chi connectivity index (χ1n) is 10.1. The topological polar surface area (TPSA) is 123 Å². The highest BCUT2D eigenvalue weighted by Gasteiger charge is 2.38. The lowest BCUT2D eigenvalue weighted by Crippen LogP contribution is -2.39. The summed E-state index contributed by atoms with van der Waals surface area (Å²) in [6.07, 6.45) is 0.570. The van der Waals surface area contributed by atoms with Gasteiger partial charge in [-0.1, -0.05) is 12.1 Å². The summed E-state index contributed by atoms with van der Waals surface area (Å²) >= 11 is 0. The zero-order valence-electron chi connectivity index (χ0n) is 17.9. The molecular weight excluding hydrogens is 445 g/mol. The van der Waals surface area contributed by atoms with Gasteiger partial charge in [0.05, 0.1) is 7.11 Å². The van der Waals surface area contributed by atoms with Crippen molar-refractivity contribution in [1.29, 1.82) is 0 Å². The first-order chi connectivity index (χ1) is 15.7. The summed E-state index contributed by atoms with van der Waals surface area (Å²) in [5.74, 6) is -1.62. The van der Waals surface area contributed by atoms with E-state index in [0.717, 1.165) is 42.8 Å². The van der Waals surface area contributed by atoms with E-state index in [1.807, 2.05) is 24.3 Å². The van der Waals surface area contributed by atoms with Gasteiger partial charge in [0.1, 0.15) is 5.75 Å². The molecule has 1 unspecified atom stereocenters. The number of alkyl halides is 3. The van der Waals surface area contributed by atoms with Crippen molar-refractivity contribution < 1.29 is 37.3 Å². The minimum Gasteiger partial charge on any atom is -0.497 e. The lowest BCUT2D eigenvalue weighted by molar-refractivity contribution is -0.192. The van der Waals surface area contributed by atoms with Gasteiger partial charge in [-0.3, -0.25) is 4.79 Å². The zero-order valence-corrected chi connectivity index (χ0v) is 17.9. The molecule has 2 heterocycles. The Balaban J connectivity index is 0.000000479. The van der Waals surface area contributed by atoms with E-state index in [0.29, 0.717) is 12.5 Å². The number of methoxy groups -OCH3 is 1. The molecule has 12 heteroatoms. The summed E-state index contributed by atoms with van der Waals surface area (Å²) in [6, 6.07) is 7.83. The second-order valence-corrected chi connectivity index (χ2v) is 7.09. The van der Waals surface area contributed by atoms with Crippen molar-refractivity contribution in [2.24, 2.45) is 5.92 Å². The lowest BCUT2D eigenvalue weighted by atomic mass is 10.00. The molecule has 9 nitrogen and oxygen atoms in total. The van der Waals surface area contributed by atoms with Gasteiger partial charge in [0, 0.05) is 24.5 Å². The molecule has 1 saturated heterocycles. The summed E-state index contributed by atoms with van der Waals surface area (Å²) in [6.45, 7) is 2.61. The highest BCUT2D eigenvalue weighted by molar-refractivity contribution is 5.77. The number of amides is 1. The average molecular weight is 470 g/mol. The number of carboxylic acid groups (broad SMARTS) is 1.